The van der Waals surface area contributed by atoms with Crippen molar-refractivity contribution in [1.29, 1.82) is 0 Å². The predicted octanol–water partition coefficient (Wildman–Crippen LogP) is 5.74. The number of rotatable bonds is 2. The summed E-state index contributed by atoms with van der Waals surface area (Å²) in [6, 6.07) is 8.39. The molecule has 1 rings (SSSR count). The molecule has 0 atom stereocenters. The molecule has 0 aliphatic rings. The minimum absolute atomic E-state index is 0.646. The Hall–Kier alpha value is 0.530. The maximum atomic E-state index is 3.44. The van der Waals surface area contributed by atoms with E-state index in [0.29, 0.717) is 10.1 Å². The van der Waals surface area contributed by atoms with Crippen molar-refractivity contribution in [1.82, 2.24) is 0 Å². The van der Waals surface area contributed by atoms with E-state index in [4.69, 9.17) is 0 Å². The first-order valence-corrected chi connectivity index (χ1v) is 7.57. The van der Waals surface area contributed by atoms with Gasteiger partial charge in [0.25, 0.3) is 0 Å². The van der Waals surface area contributed by atoms with Gasteiger partial charge in [-0.3, -0.25) is 0 Å². The highest BCUT2D eigenvalue weighted by molar-refractivity contribution is 9.10. The second-order valence-electron chi connectivity index (χ2n) is 3.64. The second kappa shape index (κ2) is 8.66. The Labute approximate surface area is 114 Å². The number of hydrogen-bond donors (Lipinski definition) is 0. The smallest absolute Gasteiger partial charge is 0.0186 e. The lowest BCUT2D eigenvalue weighted by molar-refractivity contribution is 1.11. The Morgan fingerprint density at radius 2 is 1.67 bits per heavy atom. The fourth-order valence-corrected chi connectivity index (χ4v) is 2.26. The molecule has 0 heterocycles. The number of halogens is 2. The normalized spacial score (nSPS) is 10.1. The zero-order chi connectivity index (χ0) is 11.8. The monoisotopic (exact) mass is 352 g/mol. The van der Waals surface area contributed by atoms with Crippen LogP contribution in [0.1, 0.15) is 27.7 Å². The summed E-state index contributed by atoms with van der Waals surface area (Å²) in [6.07, 6.45) is 0. The summed E-state index contributed by atoms with van der Waals surface area (Å²) in [7, 11) is 0. The van der Waals surface area contributed by atoms with Gasteiger partial charge in [0, 0.05) is 19.4 Å². The summed E-state index contributed by atoms with van der Waals surface area (Å²) in [6.45, 7) is 8.57. The van der Waals surface area contributed by atoms with Crippen LogP contribution in [0.4, 0.5) is 0 Å². The van der Waals surface area contributed by atoms with Crippen LogP contribution in [-0.2, 0) is 0 Å². The summed E-state index contributed by atoms with van der Waals surface area (Å²) in [4.78, 5) is 1.97. The van der Waals surface area contributed by atoms with Gasteiger partial charge in [0.1, 0.15) is 0 Å². The van der Waals surface area contributed by atoms with Crippen LogP contribution in [0.5, 0.6) is 0 Å². The molecule has 3 heteroatoms. The molecule has 0 spiro atoms. The summed E-state index contributed by atoms with van der Waals surface area (Å²) >= 11 is 8.59. The third-order valence-electron chi connectivity index (χ3n) is 1.17. The van der Waals surface area contributed by atoms with Gasteiger partial charge in [-0.15, -0.1) is 11.8 Å². The van der Waals surface area contributed by atoms with Crippen LogP contribution in [-0.4, -0.2) is 10.1 Å². The number of alkyl halides is 1. The van der Waals surface area contributed by atoms with E-state index in [0.717, 1.165) is 4.47 Å². The molecule has 1 aromatic carbocycles. The van der Waals surface area contributed by atoms with Gasteiger partial charge in [0.15, 0.2) is 0 Å². The Morgan fingerprint density at radius 1 is 1.13 bits per heavy atom. The zero-order valence-corrected chi connectivity index (χ0v) is 13.6. The molecule has 1 aromatic rings. The lowest BCUT2D eigenvalue weighted by Gasteiger charge is -2.03. The average molecular weight is 354 g/mol. The molecule has 0 aliphatic carbocycles. The number of hydrogen-bond acceptors (Lipinski definition) is 1. The highest BCUT2D eigenvalue weighted by atomic mass is 79.9. The van der Waals surface area contributed by atoms with E-state index in [9.17, 15) is 0 Å². The van der Waals surface area contributed by atoms with Crippen LogP contribution in [0.3, 0.4) is 0 Å². The minimum atomic E-state index is 0.646. The molecule has 0 radical (unpaired) electrons. The molecule has 0 N–H and O–H groups in total. The van der Waals surface area contributed by atoms with Crippen molar-refractivity contribution in [2.45, 2.75) is 42.7 Å². The van der Waals surface area contributed by atoms with E-state index < -0.39 is 0 Å². The van der Waals surface area contributed by atoms with Crippen molar-refractivity contribution < 1.29 is 0 Å². The van der Waals surface area contributed by atoms with E-state index in [2.05, 4.69) is 77.8 Å². The van der Waals surface area contributed by atoms with Gasteiger partial charge in [-0.25, -0.2) is 0 Å². The quantitative estimate of drug-likeness (QED) is 0.482. The molecule has 0 saturated carbocycles. The van der Waals surface area contributed by atoms with E-state index in [-0.39, 0.29) is 0 Å². The molecule has 15 heavy (non-hydrogen) atoms. The first-order chi connectivity index (χ1) is 6.91. The van der Waals surface area contributed by atoms with Crippen molar-refractivity contribution in [3.63, 3.8) is 0 Å². The van der Waals surface area contributed by atoms with E-state index in [1.165, 1.54) is 4.90 Å². The SMILES string of the molecule is CC(C)Br.CC(C)Sc1cccc(Br)c1. The summed E-state index contributed by atoms with van der Waals surface area (Å²) in [5, 5.41) is 0.657. The first kappa shape index (κ1) is 15.5. The topological polar surface area (TPSA) is 0 Å². The van der Waals surface area contributed by atoms with Crippen LogP contribution in [0.15, 0.2) is 33.6 Å². The van der Waals surface area contributed by atoms with Crippen molar-refractivity contribution in [2.24, 2.45) is 0 Å². The van der Waals surface area contributed by atoms with Gasteiger partial charge in [-0.2, -0.15) is 0 Å². The Bertz CT molecular complexity index is 269. The van der Waals surface area contributed by atoms with Gasteiger partial charge in [-0.05, 0) is 18.2 Å². The van der Waals surface area contributed by atoms with Crippen LogP contribution < -0.4 is 0 Å². The minimum Gasteiger partial charge on any atom is -0.123 e. The molecule has 0 nitrogen and oxygen atoms in total. The molecule has 0 bridgehead atoms. The van der Waals surface area contributed by atoms with E-state index >= 15 is 0 Å². The average Bonchev–Trinajstić information content (AvgIpc) is 2.00. The molecular weight excluding hydrogens is 336 g/mol. The van der Waals surface area contributed by atoms with Crippen molar-refractivity contribution in [3.05, 3.63) is 28.7 Å². The van der Waals surface area contributed by atoms with Gasteiger partial charge >= 0.3 is 0 Å². The van der Waals surface area contributed by atoms with E-state index in [1.54, 1.807) is 0 Å². The lowest BCUT2D eigenvalue weighted by Crippen LogP contribution is -1.84. The summed E-state index contributed by atoms with van der Waals surface area (Å²) in [5.41, 5.74) is 0. The number of thioether (sulfide) groups is 1. The van der Waals surface area contributed by atoms with Crippen LogP contribution in [0, 0.1) is 0 Å². The Kier molecular flexibility index (Phi) is 8.96. The molecule has 0 saturated heterocycles. The third-order valence-corrected chi connectivity index (χ3v) is 2.66. The van der Waals surface area contributed by atoms with Gasteiger partial charge in [0.2, 0.25) is 0 Å². The Balaban J connectivity index is 0.000000423. The second-order valence-corrected chi connectivity index (χ2v) is 8.03. The highest BCUT2D eigenvalue weighted by Gasteiger charge is 1.97. The standard InChI is InChI=1S/C9H11BrS.C3H7Br/c1-7(2)11-9-5-3-4-8(10)6-9;1-3(2)4/h3-7H,1-2H3;3H,1-2H3. The molecule has 0 aliphatic heterocycles. The number of benzene rings is 1. The fourth-order valence-electron chi connectivity index (χ4n) is 0.812. The molecule has 0 amide bonds. The highest BCUT2D eigenvalue weighted by Crippen LogP contribution is 2.25. The van der Waals surface area contributed by atoms with Crippen molar-refractivity contribution in [2.75, 3.05) is 0 Å². The largest absolute Gasteiger partial charge is 0.123 e. The van der Waals surface area contributed by atoms with Crippen molar-refractivity contribution >= 4 is 43.6 Å². The predicted molar refractivity (Wildman–Crippen MR) is 79.2 cm³/mol. The summed E-state index contributed by atoms with van der Waals surface area (Å²) < 4.78 is 1.16. The summed E-state index contributed by atoms with van der Waals surface area (Å²) in [5.74, 6) is 0. The van der Waals surface area contributed by atoms with Crippen molar-refractivity contribution in [3.8, 4) is 0 Å². The first-order valence-electron chi connectivity index (χ1n) is 4.98. The van der Waals surface area contributed by atoms with Gasteiger partial charge in [0.05, 0.1) is 0 Å². The maximum absolute atomic E-state index is 3.44. The molecular formula is C12H18Br2S. The maximum Gasteiger partial charge on any atom is 0.0186 e. The Morgan fingerprint density at radius 3 is 2.07 bits per heavy atom. The van der Waals surface area contributed by atoms with Gasteiger partial charge < -0.3 is 0 Å². The third kappa shape index (κ3) is 10.8. The molecule has 0 fully saturated rings. The molecule has 86 valence electrons. The van der Waals surface area contributed by atoms with Crippen LogP contribution in [0.25, 0.3) is 0 Å². The van der Waals surface area contributed by atoms with Crippen LogP contribution >= 0.6 is 43.6 Å². The van der Waals surface area contributed by atoms with E-state index in [1.807, 2.05) is 17.8 Å². The van der Waals surface area contributed by atoms with Crippen LogP contribution in [0.2, 0.25) is 0 Å². The molecule has 0 aromatic heterocycles. The molecule has 0 unspecified atom stereocenters. The van der Waals surface area contributed by atoms with Gasteiger partial charge in [-0.1, -0.05) is 65.6 Å². The lowest BCUT2D eigenvalue weighted by atomic mass is 10.4. The fraction of sp³-hybridized carbons (Fsp3) is 0.500. The zero-order valence-electron chi connectivity index (χ0n) is 9.63.